The fourth-order valence-corrected chi connectivity index (χ4v) is 3.61. The number of ether oxygens (including phenoxy) is 2. The largest absolute Gasteiger partial charge is 0.558 e. The first-order valence-electron chi connectivity index (χ1n) is 9.37. The van der Waals surface area contributed by atoms with Crippen LogP contribution in [-0.2, 0) is 18.6 Å². The lowest BCUT2D eigenvalue weighted by molar-refractivity contribution is -0.148. The van der Waals surface area contributed by atoms with E-state index in [1.807, 2.05) is 32.0 Å². The van der Waals surface area contributed by atoms with Crippen LogP contribution in [0.4, 0.5) is 0 Å². The second kappa shape index (κ2) is 10.5. The molecule has 0 heterocycles. The van der Waals surface area contributed by atoms with E-state index < -0.39 is 25.3 Å². The average Bonchev–Trinajstić information content (AvgIpc) is 2.72. The number of carbonyl (C=O) groups excluding carboxylic acids is 1. The van der Waals surface area contributed by atoms with Gasteiger partial charge < -0.3 is 14.6 Å². The molecule has 0 fully saturated rings. The van der Waals surface area contributed by atoms with Gasteiger partial charge in [0.25, 0.3) is 0 Å². The van der Waals surface area contributed by atoms with E-state index in [1.54, 1.807) is 44.2 Å². The van der Waals surface area contributed by atoms with Crippen molar-refractivity contribution in [2.45, 2.75) is 33.5 Å². The van der Waals surface area contributed by atoms with Crippen molar-refractivity contribution in [3.05, 3.63) is 65.2 Å². The summed E-state index contributed by atoms with van der Waals surface area (Å²) in [7, 11) is -2.36. The molecule has 7 heteroatoms. The Labute approximate surface area is 172 Å². The normalized spacial score (nSPS) is 12.9. The van der Waals surface area contributed by atoms with Gasteiger partial charge in [-0.1, -0.05) is 56.3 Å². The Kier molecular flexibility index (Phi) is 8.32. The third-order valence-electron chi connectivity index (χ3n) is 4.43. The van der Waals surface area contributed by atoms with E-state index in [4.69, 9.17) is 14.0 Å². The van der Waals surface area contributed by atoms with Gasteiger partial charge in [-0.3, -0.25) is 0 Å². The molecule has 2 aromatic carbocycles. The molecule has 1 N–H and O–H groups in total. The molecule has 2 aromatic rings. The average molecular weight is 419 g/mol. The van der Waals surface area contributed by atoms with Crippen LogP contribution in [0.25, 0.3) is 0 Å². The van der Waals surface area contributed by atoms with Crippen LogP contribution >= 0.6 is 8.03 Å². The number of esters is 1. The SMILES string of the molecule is Cc1cccc(OCC(=O)OC(c2ccccc2)[P+](=O)OCC(C)(C)CO)c1C. The number of carbonyl (C=O) groups is 1. The van der Waals surface area contributed by atoms with Gasteiger partial charge in [0.15, 0.2) is 6.61 Å². The van der Waals surface area contributed by atoms with Gasteiger partial charge in [-0.2, -0.15) is 0 Å². The predicted molar refractivity (Wildman–Crippen MR) is 111 cm³/mol. The second-order valence-corrected chi connectivity index (χ2v) is 8.92. The van der Waals surface area contributed by atoms with E-state index in [1.165, 1.54) is 0 Å². The lowest BCUT2D eigenvalue weighted by Crippen LogP contribution is -2.23. The molecule has 29 heavy (non-hydrogen) atoms. The van der Waals surface area contributed by atoms with Crippen molar-refractivity contribution in [3.63, 3.8) is 0 Å². The van der Waals surface area contributed by atoms with Crippen LogP contribution in [-0.4, -0.2) is 30.9 Å². The minimum absolute atomic E-state index is 0.0680. The van der Waals surface area contributed by atoms with Crippen LogP contribution in [0.5, 0.6) is 5.75 Å². The summed E-state index contributed by atoms with van der Waals surface area (Å²) < 4.78 is 29.2. The van der Waals surface area contributed by atoms with Gasteiger partial charge in [-0.25, -0.2) is 4.79 Å². The first-order valence-corrected chi connectivity index (χ1v) is 10.6. The van der Waals surface area contributed by atoms with Gasteiger partial charge in [-0.15, -0.1) is 4.52 Å². The fourth-order valence-electron chi connectivity index (χ4n) is 2.38. The predicted octanol–water partition coefficient (Wildman–Crippen LogP) is 4.70. The number of hydrogen-bond acceptors (Lipinski definition) is 6. The molecule has 0 amide bonds. The van der Waals surface area contributed by atoms with Gasteiger partial charge in [0.2, 0.25) is 0 Å². The molecule has 2 atom stereocenters. The Hall–Kier alpha value is -2.27. The maximum Gasteiger partial charge on any atom is 0.558 e. The van der Waals surface area contributed by atoms with Crippen LogP contribution in [0.1, 0.15) is 36.4 Å². The van der Waals surface area contributed by atoms with Crippen LogP contribution in [0.15, 0.2) is 48.5 Å². The number of benzene rings is 2. The number of hydrogen-bond donors (Lipinski definition) is 1. The molecule has 0 bridgehead atoms. The van der Waals surface area contributed by atoms with Gasteiger partial charge in [-0.05, 0) is 35.6 Å². The minimum atomic E-state index is -2.36. The lowest BCUT2D eigenvalue weighted by Gasteiger charge is -2.18. The third-order valence-corrected chi connectivity index (χ3v) is 5.60. The summed E-state index contributed by atoms with van der Waals surface area (Å²) in [5.74, 6) is -1.10. The van der Waals surface area contributed by atoms with Crippen LogP contribution in [0.2, 0.25) is 0 Å². The summed E-state index contributed by atoms with van der Waals surface area (Å²) in [6, 6.07) is 14.4. The molecule has 0 saturated carbocycles. The van der Waals surface area contributed by atoms with Crippen molar-refractivity contribution in [1.82, 2.24) is 0 Å². The summed E-state index contributed by atoms with van der Waals surface area (Å²) in [6.07, 6.45) is 0. The minimum Gasteiger partial charge on any atom is -0.482 e. The maximum absolute atomic E-state index is 12.7. The van der Waals surface area contributed by atoms with Gasteiger partial charge >= 0.3 is 19.8 Å². The molecule has 6 nitrogen and oxygen atoms in total. The van der Waals surface area contributed by atoms with Gasteiger partial charge in [0, 0.05) is 11.0 Å². The van der Waals surface area contributed by atoms with Gasteiger partial charge in [0.05, 0.1) is 6.61 Å². The van der Waals surface area contributed by atoms with Crippen LogP contribution < -0.4 is 4.74 Å². The highest BCUT2D eigenvalue weighted by molar-refractivity contribution is 7.39. The zero-order valence-electron chi connectivity index (χ0n) is 17.3. The highest BCUT2D eigenvalue weighted by atomic mass is 31.1. The Bertz CT molecular complexity index is 834. The Morgan fingerprint density at radius 1 is 1.10 bits per heavy atom. The van der Waals surface area contributed by atoms with Crippen LogP contribution in [0.3, 0.4) is 0 Å². The van der Waals surface area contributed by atoms with Crippen molar-refractivity contribution in [2.75, 3.05) is 19.8 Å². The zero-order chi connectivity index (χ0) is 21.4. The van der Waals surface area contributed by atoms with Crippen LogP contribution in [0, 0.1) is 19.3 Å². The molecule has 2 rings (SSSR count). The second-order valence-electron chi connectivity index (χ2n) is 7.62. The van der Waals surface area contributed by atoms with E-state index >= 15 is 0 Å². The highest BCUT2D eigenvalue weighted by Crippen LogP contribution is 2.44. The molecule has 0 aromatic heterocycles. The van der Waals surface area contributed by atoms with E-state index in [0.29, 0.717) is 11.3 Å². The molecule has 0 aliphatic heterocycles. The van der Waals surface area contributed by atoms with Crippen molar-refractivity contribution in [1.29, 1.82) is 0 Å². The van der Waals surface area contributed by atoms with Crippen molar-refractivity contribution in [3.8, 4) is 5.75 Å². The van der Waals surface area contributed by atoms with Crippen molar-refractivity contribution < 1.29 is 28.5 Å². The molecule has 0 spiro atoms. The quantitative estimate of drug-likeness (QED) is 0.444. The molecule has 0 aliphatic rings. The number of aliphatic hydroxyl groups is 1. The van der Waals surface area contributed by atoms with E-state index in [9.17, 15) is 14.5 Å². The highest BCUT2D eigenvalue weighted by Gasteiger charge is 2.40. The number of rotatable bonds is 10. The molecule has 156 valence electrons. The monoisotopic (exact) mass is 419 g/mol. The maximum atomic E-state index is 12.7. The Balaban J connectivity index is 2.06. The van der Waals surface area contributed by atoms with Crippen molar-refractivity contribution in [2.24, 2.45) is 5.41 Å². The topological polar surface area (TPSA) is 82.1 Å². The summed E-state index contributed by atoms with van der Waals surface area (Å²) >= 11 is 0. The zero-order valence-corrected chi connectivity index (χ0v) is 18.1. The van der Waals surface area contributed by atoms with E-state index in [-0.39, 0.29) is 19.8 Å². The summed E-state index contributed by atoms with van der Waals surface area (Å²) in [5, 5.41) is 9.35. The number of aryl methyl sites for hydroxylation is 1. The molecular formula is C22H28O6P+. The molecule has 0 radical (unpaired) electrons. The number of aliphatic hydroxyl groups excluding tert-OH is 1. The summed E-state index contributed by atoms with van der Waals surface area (Å²) in [6.45, 7) is 7.10. The standard InChI is InChI=1S/C22H28O6P/c1-16-9-8-12-19(17(16)2)26-13-20(24)28-21(18-10-6-5-7-11-18)29(25)27-15-22(3,4)14-23/h5-12,21,23H,13-15H2,1-4H3/q+1. The van der Waals surface area contributed by atoms with Crippen molar-refractivity contribution >= 4 is 14.0 Å². The first-order chi connectivity index (χ1) is 13.7. The molecule has 2 unspecified atom stereocenters. The summed E-state index contributed by atoms with van der Waals surface area (Å²) in [5.41, 5.74) is 2.01. The van der Waals surface area contributed by atoms with E-state index in [2.05, 4.69) is 0 Å². The molecular weight excluding hydrogens is 391 g/mol. The van der Waals surface area contributed by atoms with Gasteiger partial charge in [0.1, 0.15) is 12.4 Å². The Morgan fingerprint density at radius 2 is 1.79 bits per heavy atom. The molecule has 0 saturated heterocycles. The Morgan fingerprint density at radius 3 is 2.45 bits per heavy atom. The third kappa shape index (κ3) is 6.93. The first kappa shape index (κ1) is 23.0. The molecule has 0 aliphatic carbocycles. The summed E-state index contributed by atoms with van der Waals surface area (Å²) in [4.78, 5) is 12.4. The lowest BCUT2D eigenvalue weighted by atomic mass is 9.97. The van der Waals surface area contributed by atoms with E-state index in [0.717, 1.165) is 11.1 Å². The fraction of sp³-hybridized carbons (Fsp3) is 0.409. The smallest absolute Gasteiger partial charge is 0.482 e.